The van der Waals surface area contributed by atoms with E-state index in [2.05, 4.69) is 20.9 Å². The summed E-state index contributed by atoms with van der Waals surface area (Å²) in [5, 5.41) is 9.62. The number of hydrogen-bond donors (Lipinski definition) is 4. The maximum absolute atomic E-state index is 13.5. The second kappa shape index (κ2) is 10.6. The number of carbonyl (C=O) groups excluding carboxylic acids is 3. The summed E-state index contributed by atoms with van der Waals surface area (Å²) < 4.78 is 5.96. The van der Waals surface area contributed by atoms with Gasteiger partial charge in [0.2, 0.25) is 5.91 Å². The number of anilines is 3. The molecule has 2 atom stereocenters. The molecule has 0 radical (unpaired) electrons. The molecule has 5 N–H and O–H groups in total. The second-order valence-corrected chi connectivity index (χ2v) is 10.9. The number of ether oxygens (including phenoxy) is 1. The Labute approximate surface area is 234 Å². The lowest BCUT2D eigenvalue weighted by atomic mass is 10.1. The van der Waals surface area contributed by atoms with Gasteiger partial charge in [0.15, 0.2) is 0 Å². The van der Waals surface area contributed by atoms with Crippen molar-refractivity contribution >= 4 is 56.5 Å². The summed E-state index contributed by atoms with van der Waals surface area (Å²) in [5.74, 6) is 0.914. The van der Waals surface area contributed by atoms with Crippen LogP contribution in [0.5, 0.6) is 11.5 Å². The Morgan fingerprint density at radius 3 is 2.60 bits per heavy atom. The summed E-state index contributed by atoms with van der Waals surface area (Å²) >= 11 is 1.25. The van der Waals surface area contributed by atoms with Gasteiger partial charge in [0.25, 0.3) is 5.91 Å². The van der Waals surface area contributed by atoms with Crippen molar-refractivity contribution in [1.29, 1.82) is 0 Å². The number of carbonyl (C=O) groups is 3. The predicted molar refractivity (Wildman–Crippen MR) is 155 cm³/mol. The van der Waals surface area contributed by atoms with Gasteiger partial charge in [-0.05, 0) is 68.1 Å². The molecule has 1 unspecified atom stereocenters. The summed E-state index contributed by atoms with van der Waals surface area (Å²) in [7, 11) is 0. The summed E-state index contributed by atoms with van der Waals surface area (Å²) in [6.45, 7) is 1.86. The molecule has 1 saturated carbocycles. The largest absolute Gasteiger partial charge is 0.457 e. The molecule has 6 rings (SSSR count). The standard InChI is InChI=1S/C29H28N6O4S/c1-16-13-20(39-19-5-3-2-4-6-19)9-10-21(16)35-22-11-12-31-28-24(22)25(34-29(35)38)26(40-28)27(37)33-18-8-7-17(14-18)32-23(36)15-30/h2-6,9-13,17-18H,7-8,14-15,30H2,1H3,(H,32,36)(H,33,37)(H,34,38)/t17-,18?/m1/s1. The SMILES string of the molecule is Cc1cc(Oc2ccccc2)ccc1N1C(=O)Nc2c(C(=O)NC3CC[C@@H](NC(=O)CN)C3)sc3nccc1c23. The fraction of sp³-hybridized carbons (Fsp3) is 0.241. The molecular weight excluding hydrogens is 528 g/mol. The Balaban J connectivity index is 1.26. The number of nitrogens with two attached hydrogens (primary N) is 1. The van der Waals surface area contributed by atoms with Crippen molar-refractivity contribution in [2.24, 2.45) is 5.73 Å². The molecule has 10 nitrogen and oxygen atoms in total. The highest BCUT2D eigenvalue weighted by molar-refractivity contribution is 7.21. The highest BCUT2D eigenvalue weighted by atomic mass is 32.1. The zero-order valence-electron chi connectivity index (χ0n) is 21.8. The van der Waals surface area contributed by atoms with E-state index in [9.17, 15) is 14.4 Å². The van der Waals surface area contributed by atoms with E-state index in [1.54, 1.807) is 17.2 Å². The Kier molecular flexibility index (Phi) is 6.82. The van der Waals surface area contributed by atoms with Gasteiger partial charge < -0.3 is 26.4 Å². The molecule has 1 fully saturated rings. The van der Waals surface area contributed by atoms with Gasteiger partial charge >= 0.3 is 6.03 Å². The van der Waals surface area contributed by atoms with Crippen LogP contribution >= 0.6 is 11.3 Å². The normalized spacial score (nSPS) is 17.9. The summed E-state index contributed by atoms with van der Waals surface area (Å²) in [5.41, 5.74) is 8.07. The summed E-state index contributed by atoms with van der Waals surface area (Å²) in [6, 6.07) is 16.4. The lowest BCUT2D eigenvalue weighted by Gasteiger charge is -2.29. The van der Waals surface area contributed by atoms with E-state index in [4.69, 9.17) is 10.5 Å². The van der Waals surface area contributed by atoms with E-state index in [0.717, 1.165) is 29.5 Å². The first-order valence-electron chi connectivity index (χ1n) is 13.1. The monoisotopic (exact) mass is 556 g/mol. The molecule has 1 aliphatic heterocycles. The Morgan fingerprint density at radius 2 is 1.85 bits per heavy atom. The average Bonchev–Trinajstić information content (AvgIpc) is 3.55. The van der Waals surface area contributed by atoms with Crippen molar-refractivity contribution in [3.63, 3.8) is 0 Å². The van der Waals surface area contributed by atoms with Crippen molar-refractivity contribution in [1.82, 2.24) is 15.6 Å². The third-order valence-corrected chi connectivity index (χ3v) is 8.26. The molecule has 3 heterocycles. The van der Waals surface area contributed by atoms with Crippen LogP contribution in [0.2, 0.25) is 0 Å². The molecule has 11 heteroatoms. The minimum Gasteiger partial charge on any atom is -0.457 e. The molecule has 0 bridgehead atoms. The number of nitrogens with zero attached hydrogens (tertiary/aromatic N) is 2. The van der Waals surface area contributed by atoms with Gasteiger partial charge in [-0.1, -0.05) is 18.2 Å². The van der Waals surface area contributed by atoms with E-state index >= 15 is 0 Å². The van der Waals surface area contributed by atoms with E-state index < -0.39 is 0 Å². The smallest absolute Gasteiger partial charge is 0.331 e. The van der Waals surface area contributed by atoms with Crippen LogP contribution in [0.15, 0.2) is 60.8 Å². The number of nitrogens with one attached hydrogen (secondary N) is 3. The lowest BCUT2D eigenvalue weighted by Crippen LogP contribution is -2.39. The number of aromatic nitrogens is 1. The number of benzene rings is 2. The maximum Gasteiger partial charge on any atom is 0.331 e. The van der Waals surface area contributed by atoms with Crippen LogP contribution in [0.4, 0.5) is 21.9 Å². The van der Waals surface area contributed by atoms with Gasteiger partial charge in [0.1, 0.15) is 21.2 Å². The van der Waals surface area contributed by atoms with Crippen LogP contribution in [0.25, 0.3) is 10.2 Å². The molecule has 1 aliphatic carbocycles. The van der Waals surface area contributed by atoms with Gasteiger partial charge in [-0.15, -0.1) is 11.3 Å². The zero-order chi connectivity index (χ0) is 27.8. The molecule has 2 aromatic carbocycles. The van der Waals surface area contributed by atoms with Crippen molar-refractivity contribution in [3.8, 4) is 11.5 Å². The topological polar surface area (TPSA) is 139 Å². The first-order chi connectivity index (χ1) is 19.4. The third-order valence-electron chi connectivity index (χ3n) is 7.16. The lowest BCUT2D eigenvalue weighted by molar-refractivity contribution is -0.120. The molecule has 4 amide bonds. The number of aryl methyl sites for hydroxylation is 1. The van der Waals surface area contributed by atoms with Gasteiger partial charge in [-0.2, -0.15) is 0 Å². The van der Waals surface area contributed by atoms with Crippen LogP contribution in [0, 0.1) is 6.92 Å². The zero-order valence-corrected chi connectivity index (χ0v) is 22.6. The molecule has 0 spiro atoms. The Hall–Kier alpha value is -4.48. The van der Waals surface area contributed by atoms with Crippen LogP contribution in [0.1, 0.15) is 34.5 Å². The fourth-order valence-electron chi connectivity index (χ4n) is 5.33. The van der Waals surface area contributed by atoms with Crippen LogP contribution in [-0.4, -0.2) is 41.5 Å². The fourth-order valence-corrected chi connectivity index (χ4v) is 6.35. The summed E-state index contributed by atoms with van der Waals surface area (Å²) in [6.07, 6.45) is 3.79. The summed E-state index contributed by atoms with van der Waals surface area (Å²) in [4.78, 5) is 45.6. The molecule has 204 valence electrons. The van der Waals surface area contributed by atoms with Gasteiger partial charge in [-0.25, -0.2) is 9.78 Å². The Morgan fingerprint density at radius 1 is 1.07 bits per heavy atom. The quantitative estimate of drug-likeness (QED) is 0.258. The molecular formula is C29H28N6O4S. The van der Waals surface area contributed by atoms with Crippen LogP contribution in [0.3, 0.4) is 0 Å². The van der Waals surface area contributed by atoms with Crippen molar-refractivity contribution in [2.45, 2.75) is 38.3 Å². The van der Waals surface area contributed by atoms with Crippen LogP contribution in [-0.2, 0) is 4.79 Å². The number of para-hydroxylation sites is 1. The molecule has 40 heavy (non-hydrogen) atoms. The van der Waals surface area contributed by atoms with Crippen LogP contribution < -0.4 is 31.3 Å². The van der Waals surface area contributed by atoms with E-state index in [-0.39, 0.29) is 36.5 Å². The van der Waals surface area contributed by atoms with Gasteiger partial charge in [0.05, 0.1) is 29.0 Å². The highest BCUT2D eigenvalue weighted by Crippen LogP contribution is 2.46. The molecule has 2 aliphatic rings. The minimum absolute atomic E-state index is 0.0173. The van der Waals surface area contributed by atoms with Gasteiger partial charge in [-0.3, -0.25) is 14.5 Å². The number of thiophene rings is 1. The Bertz CT molecular complexity index is 1620. The first kappa shape index (κ1) is 25.8. The van der Waals surface area contributed by atoms with E-state index in [1.807, 2.05) is 55.5 Å². The molecule has 0 saturated heterocycles. The minimum atomic E-state index is -0.363. The maximum atomic E-state index is 13.5. The molecule has 2 aromatic heterocycles. The van der Waals surface area contributed by atoms with E-state index in [0.29, 0.717) is 38.9 Å². The number of pyridine rings is 1. The number of urea groups is 1. The highest BCUT2D eigenvalue weighted by Gasteiger charge is 2.34. The number of hydrogen-bond acceptors (Lipinski definition) is 7. The van der Waals surface area contributed by atoms with Gasteiger partial charge in [0, 0.05) is 18.3 Å². The second-order valence-electron chi connectivity index (χ2n) is 9.90. The van der Waals surface area contributed by atoms with Crippen molar-refractivity contribution in [3.05, 3.63) is 71.2 Å². The molecule has 4 aromatic rings. The van der Waals surface area contributed by atoms with Crippen molar-refractivity contribution < 1.29 is 19.1 Å². The van der Waals surface area contributed by atoms with Crippen molar-refractivity contribution in [2.75, 3.05) is 16.8 Å². The number of amides is 4. The number of rotatable bonds is 7. The van der Waals surface area contributed by atoms with E-state index in [1.165, 1.54) is 11.3 Å². The average molecular weight is 557 g/mol. The predicted octanol–water partition coefficient (Wildman–Crippen LogP) is 4.81. The first-order valence-corrected chi connectivity index (χ1v) is 13.9. The third kappa shape index (κ3) is 4.85.